The first-order valence-corrected chi connectivity index (χ1v) is 6.60. The Balaban J connectivity index is 2.05. The van der Waals surface area contributed by atoms with Crippen LogP contribution in [0.5, 0.6) is 0 Å². The van der Waals surface area contributed by atoms with E-state index in [-0.39, 0.29) is 5.54 Å². The van der Waals surface area contributed by atoms with Crippen molar-refractivity contribution in [3.63, 3.8) is 0 Å². The lowest BCUT2D eigenvalue weighted by atomic mass is 10.1. The van der Waals surface area contributed by atoms with Gasteiger partial charge in [-0.2, -0.15) is 10.2 Å². The Bertz CT molecular complexity index is 544. The minimum atomic E-state index is 0.121. The van der Waals surface area contributed by atoms with Crippen molar-refractivity contribution in [2.24, 2.45) is 7.05 Å². The Kier molecular flexibility index (Phi) is 3.75. The summed E-state index contributed by atoms with van der Waals surface area (Å²) >= 11 is 0. The average molecular weight is 261 g/mol. The molecule has 19 heavy (non-hydrogen) atoms. The lowest BCUT2D eigenvalue weighted by Crippen LogP contribution is -2.35. The third kappa shape index (κ3) is 3.67. The molecule has 0 aliphatic carbocycles. The van der Waals surface area contributed by atoms with E-state index in [2.05, 4.69) is 43.2 Å². The van der Waals surface area contributed by atoms with E-state index in [0.29, 0.717) is 0 Å². The molecule has 5 nitrogen and oxygen atoms in total. The summed E-state index contributed by atoms with van der Waals surface area (Å²) in [4.78, 5) is 0. The van der Waals surface area contributed by atoms with E-state index in [0.717, 1.165) is 18.8 Å². The largest absolute Gasteiger partial charge is 0.308 e. The van der Waals surface area contributed by atoms with Crippen molar-refractivity contribution in [1.29, 1.82) is 0 Å². The maximum Gasteiger partial charge on any atom is 0.0852 e. The van der Waals surface area contributed by atoms with Crippen LogP contribution in [0.15, 0.2) is 18.5 Å². The van der Waals surface area contributed by atoms with Crippen LogP contribution < -0.4 is 5.32 Å². The summed E-state index contributed by atoms with van der Waals surface area (Å²) in [6.07, 6.45) is 3.90. The highest BCUT2D eigenvalue weighted by Crippen LogP contribution is 2.11. The molecule has 2 aromatic rings. The van der Waals surface area contributed by atoms with E-state index >= 15 is 0 Å². The quantitative estimate of drug-likeness (QED) is 0.914. The van der Waals surface area contributed by atoms with Gasteiger partial charge in [0, 0.05) is 36.6 Å². The zero-order valence-electron chi connectivity index (χ0n) is 12.4. The minimum absolute atomic E-state index is 0.121. The third-order valence-corrected chi connectivity index (χ3v) is 3.09. The predicted molar refractivity (Wildman–Crippen MR) is 75.9 cm³/mol. The first-order valence-electron chi connectivity index (χ1n) is 6.60. The molecule has 2 aromatic heterocycles. The maximum absolute atomic E-state index is 4.45. The van der Waals surface area contributed by atoms with Crippen molar-refractivity contribution in [2.45, 2.75) is 46.3 Å². The molecule has 0 atom stereocenters. The van der Waals surface area contributed by atoms with Gasteiger partial charge in [0.15, 0.2) is 0 Å². The first-order chi connectivity index (χ1) is 8.85. The second kappa shape index (κ2) is 5.17. The zero-order chi connectivity index (χ0) is 14.0. The predicted octanol–water partition coefficient (Wildman–Crippen LogP) is 1.86. The highest BCUT2D eigenvalue weighted by atomic mass is 15.3. The van der Waals surface area contributed by atoms with Gasteiger partial charge in [-0.05, 0) is 33.8 Å². The summed E-state index contributed by atoms with van der Waals surface area (Å²) in [5, 5.41) is 12.3. The van der Waals surface area contributed by atoms with Gasteiger partial charge in [-0.3, -0.25) is 9.36 Å². The second-order valence-corrected chi connectivity index (χ2v) is 6.00. The van der Waals surface area contributed by atoms with Crippen LogP contribution in [0.3, 0.4) is 0 Å². The standard InChI is InChI=1S/C14H23N5/c1-11-12(8-15-14(2,3)4)9-16-19(11)10-13-6-7-18(5)17-13/h6-7,9,15H,8,10H2,1-5H3. The monoisotopic (exact) mass is 261 g/mol. The topological polar surface area (TPSA) is 47.7 Å². The van der Waals surface area contributed by atoms with Crippen molar-refractivity contribution in [3.05, 3.63) is 35.4 Å². The molecule has 0 aliphatic heterocycles. The van der Waals surface area contributed by atoms with Gasteiger partial charge >= 0.3 is 0 Å². The van der Waals surface area contributed by atoms with Gasteiger partial charge in [-0.25, -0.2) is 0 Å². The van der Waals surface area contributed by atoms with Gasteiger partial charge in [-0.1, -0.05) is 0 Å². The summed E-state index contributed by atoms with van der Waals surface area (Å²) in [5.74, 6) is 0. The summed E-state index contributed by atoms with van der Waals surface area (Å²) in [6.45, 7) is 10.2. The van der Waals surface area contributed by atoms with Crippen LogP contribution in [0.1, 0.15) is 37.7 Å². The van der Waals surface area contributed by atoms with Crippen LogP contribution in [-0.4, -0.2) is 25.1 Å². The summed E-state index contributed by atoms with van der Waals surface area (Å²) in [5.41, 5.74) is 3.59. The van der Waals surface area contributed by atoms with E-state index in [1.54, 1.807) is 0 Å². The molecule has 2 rings (SSSR count). The normalized spacial score (nSPS) is 12.1. The fraction of sp³-hybridized carbons (Fsp3) is 0.571. The Labute approximate surface area is 114 Å². The second-order valence-electron chi connectivity index (χ2n) is 6.00. The molecule has 0 amide bonds. The van der Waals surface area contributed by atoms with Gasteiger partial charge in [0.05, 0.1) is 18.4 Å². The fourth-order valence-corrected chi connectivity index (χ4v) is 1.88. The highest BCUT2D eigenvalue weighted by molar-refractivity contribution is 5.17. The molecular weight excluding hydrogens is 238 g/mol. The van der Waals surface area contributed by atoms with Crippen molar-refractivity contribution in [2.75, 3.05) is 0 Å². The number of hydrogen-bond acceptors (Lipinski definition) is 3. The Hall–Kier alpha value is -1.62. The number of hydrogen-bond donors (Lipinski definition) is 1. The molecule has 0 saturated carbocycles. The molecule has 0 radical (unpaired) electrons. The molecular formula is C14H23N5. The first kappa shape index (κ1) is 13.8. The molecule has 1 N–H and O–H groups in total. The van der Waals surface area contributed by atoms with Crippen LogP contribution in [0.4, 0.5) is 0 Å². The molecule has 0 spiro atoms. The van der Waals surface area contributed by atoms with Crippen LogP contribution in [0.25, 0.3) is 0 Å². The summed E-state index contributed by atoms with van der Waals surface area (Å²) in [6, 6.07) is 2.02. The van der Waals surface area contributed by atoms with E-state index in [4.69, 9.17) is 0 Å². The van der Waals surface area contributed by atoms with Crippen LogP contribution >= 0.6 is 0 Å². The van der Waals surface area contributed by atoms with Crippen LogP contribution in [0.2, 0.25) is 0 Å². The van der Waals surface area contributed by atoms with Gasteiger partial charge in [0.2, 0.25) is 0 Å². The molecule has 2 heterocycles. The summed E-state index contributed by atoms with van der Waals surface area (Å²) in [7, 11) is 1.93. The number of aryl methyl sites for hydroxylation is 1. The molecule has 0 fully saturated rings. The highest BCUT2D eigenvalue weighted by Gasteiger charge is 2.12. The summed E-state index contributed by atoms with van der Waals surface area (Å²) < 4.78 is 3.82. The lowest BCUT2D eigenvalue weighted by molar-refractivity contribution is 0.423. The van der Waals surface area contributed by atoms with Crippen molar-refractivity contribution in [1.82, 2.24) is 24.9 Å². The molecule has 0 aliphatic rings. The van der Waals surface area contributed by atoms with Crippen LogP contribution in [-0.2, 0) is 20.1 Å². The lowest BCUT2D eigenvalue weighted by Gasteiger charge is -2.20. The molecule has 0 saturated heterocycles. The fourth-order valence-electron chi connectivity index (χ4n) is 1.88. The van der Waals surface area contributed by atoms with Gasteiger partial charge < -0.3 is 5.32 Å². The van der Waals surface area contributed by atoms with E-state index in [1.807, 2.05) is 34.9 Å². The van der Waals surface area contributed by atoms with Gasteiger partial charge in [0.25, 0.3) is 0 Å². The SMILES string of the molecule is Cc1c(CNC(C)(C)C)cnn1Cc1ccn(C)n1. The Morgan fingerprint density at radius 3 is 2.63 bits per heavy atom. The molecule has 0 aromatic carbocycles. The van der Waals surface area contributed by atoms with Crippen LogP contribution in [0, 0.1) is 6.92 Å². The molecule has 0 unspecified atom stereocenters. The van der Waals surface area contributed by atoms with Gasteiger partial charge in [0.1, 0.15) is 0 Å². The molecule has 0 bridgehead atoms. The number of nitrogens with one attached hydrogen (secondary N) is 1. The van der Waals surface area contributed by atoms with E-state index in [9.17, 15) is 0 Å². The molecule has 104 valence electrons. The third-order valence-electron chi connectivity index (χ3n) is 3.09. The Morgan fingerprint density at radius 2 is 2.05 bits per heavy atom. The van der Waals surface area contributed by atoms with Crippen molar-refractivity contribution in [3.8, 4) is 0 Å². The van der Waals surface area contributed by atoms with E-state index in [1.165, 1.54) is 11.3 Å². The smallest absolute Gasteiger partial charge is 0.0852 e. The average Bonchev–Trinajstić information content (AvgIpc) is 2.85. The van der Waals surface area contributed by atoms with E-state index < -0.39 is 0 Å². The number of rotatable bonds is 4. The zero-order valence-corrected chi connectivity index (χ0v) is 12.4. The Morgan fingerprint density at radius 1 is 1.32 bits per heavy atom. The number of nitrogens with zero attached hydrogens (tertiary/aromatic N) is 4. The number of aromatic nitrogens is 4. The van der Waals surface area contributed by atoms with Gasteiger partial charge in [-0.15, -0.1) is 0 Å². The maximum atomic E-state index is 4.45. The molecule has 5 heteroatoms. The minimum Gasteiger partial charge on any atom is -0.308 e. The van der Waals surface area contributed by atoms with Crippen molar-refractivity contribution >= 4 is 0 Å². The van der Waals surface area contributed by atoms with Crippen molar-refractivity contribution < 1.29 is 0 Å².